The van der Waals surface area contributed by atoms with Crippen LogP contribution in [0.3, 0.4) is 0 Å². The summed E-state index contributed by atoms with van der Waals surface area (Å²) in [4.78, 5) is 36.7. The van der Waals surface area contributed by atoms with Gasteiger partial charge in [0.2, 0.25) is 5.91 Å². The van der Waals surface area contributed by atoms with Gasteiger partial charge in [-0.05, 0) is 48.6 Å². The van der Waals surface area contributed by atoms with Gasteiger partial charge in [-0.3, -0.25) is 14.4 Å². The first kappa shape index (κ1) is 17.0. The zero-order valence-corrected chi connectivity index (χ0v) is 14.6. The molecule has 3 N–H and O–H groups in total. The first-order chi connectivity index (χ1) is 13.0. The molecule has 2 aromatic carbocycles. The van der Waals surface area contributed by atoms with Gasteiger partial charge in [-0.15, -0.1) is 0 Å². The van der Waals surface area contributed by atoms with E-state index in [1.807, 2.05) is 18.2 Å². The number of nitrogens with zero attached hydrogens (tertiary/aromatic N) is 2. The first-order valence-electron chi connectivity index (χ1n) is 8.74. The molecule has 0 radical (unpaired) electrons. The highest BCUT2D eigenvalue weighted by atomic mass is 16.2. The van der Waals surface area contributed by atoms with E-state index in [9.17, 15) is 14.4 Å². The lowest BCUT2D eigenvalue weighted by Gasteiger charge is -2.10. The van der Waals surface area contributed by atoms with Crippen molar-refractivity contribution in [3.05, 3.63) is 69.6 Å². The lowest BCUT2D eigenvalue weighted by atomic mass is 10.1. The van der Waals surface area contributed by atoms with Gasteiger partial charge in [0.25, 0.3) is 11.5 Å². The Hall–Kier alpha value is -3.48. The van der Waals surface area contributed by atoms with Crippen molar-refractivity contribution in [1.29, 1.82) is 0 Å². The fourth-order valence-electron chi connectivity index (χ4n) is 3.51. The number of aryl methyl sites for hydroxylation is 2. The molecule has 0 atom stereocenters. The molecule has 0 bridgehead atoms. The van der Waals surface area contributed by atoms with Crippen molar-refractivity contribution in [3.63, 3.8) is 0 Å². The number of nitrogens with one attached hydrogen (secondary N) is 1. The minimum Gasteiger partial charge on any atom is -0.364 e. The van der Waals surface area contributed by atoms with Crippen LogP contribution in [0.25, 0.3) is 10.8 Å². The number of aromatic nitrogens is 2. The van der Waals surface area contributed by atoms with Gasteiger partial charge in [-0.1, -0.05) is 24.3 Å². The number of rotatable bonds is 4. The maximum Gasteiger partial charge on any atom is 0.275 e. The van der Waals surface area contributed by atoms with E-state index < -0.39 is 17.4 Å². The molecule has 0 spiro atoms. The molecule has 1 aromatic heterocycles. The lowest BCUT2D eigenvalue weighted by Crippen LogP contribution is -2.32. The molecular weight excluding hydrogens is 344 g/mol. The van der Waals surface area contributed by atoms with Gasteiger partial charge >= 0.3 is 0 Å². The number of amides is 2. The van der Waals surface area contributed by atoms with Crippen molar-refractivity contribution in [2.75, 3.05) is 5.32 Å². The summed E-state index contributed by atoms with van der Waals surface area (Å²) < 4.78 is 0.977. The summed E-state index contributed by atoms with van der Waals surface area (Å²) in [5.74, 6) is -1.15. The van der Waals surface area contributed by atoms with Crippen LogP contribution in [-0.2, 0) is 24.2 Å². The van der Waals surface area contributed by atoms with Gasteiger partial charge in [0.1, 0.15) is 6.54 Å². The van der Waals surface area contributed by atoms with Crippen molar-refractivity contribution < 1.29 is 9.59 Å². The van der Waals surface area contributed by atoms with Gasteiger partial charge in [0.15, 0.2) is 5.69 Å². The van der Waals surface area contributed by atoms with Gasteiger partial charge in [-0.25, -0.2) is 4.68 Å². The number of hydrogen-bond acceptors (Lipinski definition) is 4. The normalized spacial score (nSPS) is 12.7. The van der Waals surface area contributed by atoms with Crippen molar-refractivity contribution in [2.24, 2.45) is 5.73 Å². The second-order valence-corrected chi connectivity index (χ2v) is 6.61. The Morgan fingerprint density at radius 1 is 1.07 bits per heavy atom. The summed E-state index contributed by atoms with van der Waals surface area (Å²) in [6.45, 7) is -0.305. The van der Waals surface area contributed by atoms with Crippen molar-refractivity contribution in [3.8, 4) is 0 Å². The summed E-state index contributed by atoms with van der Waals surface area (Å²) >= 11 is 0. The largest absolute Gasteiger partial charge is 0.364 e. The average Bonchev–Trinajstić information content (AvgIpc) is 3.11. The second-order valence-electron chi connectivity index (χ2n) is 6.61. The first-order valence-corrected chi connectivity index (χ1v) is 8.74. The molecule has 7 heteroatoms. The van der Waals surface area contributed by atoms with Crippen LogP contribution in [0.5, 0.6) is 0 Å². The van der Waals surface area contributed by atoms with E-state index in [0.717, 1.165) is 23.9 Å². The fraction of sp³-hybridized carbons (Fsp3) is 0.200. The van der Waals surface area contributed by atoms with E-state index in [2.05, 4.69) is 10.4 Å². The number of hydrogen-bond donors (Lipinski definition) is 2. The number of anilines is 1. The molecule has 1 aliphatic rings. The Morgan fingerprint density at radius 2 is 1.81 bits per heavy atom. The lowest BCUT2D eigenvalue weighted by molar-refractivity contribution is -0.117. The molecular formula is C20H18N4O3. The number of carbonyl (C=O) groups is 2. The molecule has 0 saturated carbocycles. The third kappa shape index (κ3) is 3.19. The standard InChI is InChI=1S/C20H18N4O3/c21-19(26)18-15-6-1-2-7-16(15)20(27)24(23-18)11-17(25)22-14-9-8-12-4-3-5-13(12)10-14/h1-2,6-10H,3-5,11H2,(H2,21,26)(H,22,25). The second kappa shape index (κ2) is 6.68. The van der Waals surface area contributed by atoms with Crippen LogP contribution in [0.2, 0.25) is 0 Å². The van der Waals surface area contributed by atoms with E-state index >= 15 is 0 Å². The fourth-order valence-corrected chi connectivity index (χ4v) is 3.51. The van der Waals surface area contributed by atoms with E-state index in [1.54, 1.807) is 24.3 Å². The monoisotopic (exact) mass is 362 g/mol. The van der Waals surface area contributed by atoms with Crippen LogP contribution in [0.1, 0.15) is 28.0 Å². The van der Waals surface area contributed by atoms with Gasteiger partial charge in [-0.2, -0.15) is 5.10 Å². The van der Waals surface area contributed by atoms with Gasteiger partial charge in [0.05, 0.1) is 5.39 Å². The molecule has 1 aliphatic carbocycles. The van der Waals surface area contributed by atoms with Crippen molar-refractivity contribution >= 4 is 28.3 Å². The minimum absolute atomic E-state index is 0.0319. The Labute approximate surface area is 154 Å². The Balaban J connectivity index is 1.63. The molecule has 0 aliphatic heterocycles. The zero-order chi connectivity index (χ0) is 19.0. The molecule has 2 amide bonds. The molecule has 27 heavy (non-hydrogen) atoms. The van der Waals surface area contributed by atoms with Crippen LogP contribution in [0.15, 0.2) is 47.3 Å². The zero-order valence-electron chi connectivity index (χ0n) is 14.6. The van der Waals surface area contributed by atoms with E-state index in [0.29, 0.717) is 16.5 Å². The molecule has 3 aromatic rings. The molecule has 136 valence electrons. The Kier molecular flexibility index (Phi) is 4.19. The summed E-state index contributed by atoms with van der Waals surface area (Å²) in [5.41, 5.74) is 8.15. The molecule has 0 saturated heterocycles. The number of nitrogens with two attached hydrogens (primary N) is 1. The Morgan fingerprint density at radius 3 is 2.59 bits per heavy atom. The quantitative estimate of drug-likeness (QED) is 0.735. The third-order valence-corrected chi connectivity index (χ3v) is 4.78. The highest BCUT2D eigenvalue weighted by Gasteiger charge is 2.16. The predicted octanol–water partition coefficient (Wildman–Crippen LogP) is 1.62. The number of fused-ring (bicyclic) bond motifs is 2. The number of carbonyl (C=O) groups excluding carboxylic acids is 2. The molecule has 4 rings (SSSR count). The molecule has 7 nitrogen and oxygen atoms in total. The van der Waals surface area contributed by atoms with Gasteiger partial charge < -0.3 is 11.1 Å². The molecule has 0 fully saturated rings. The van der Waals surface area contributed by atoms with Crippen molar-refractivity contribution in [1.82, 2.24) is 9.78 Å². The van der Waals surface area contributed by atoms with Crippen molar-refractivity contribution in [2.45, 2.75) is 25.8 Å². The van der Waals surface area contributed by atoms with Crippen LogP contribution in [0.4, 0.5) is 5.69 Å². The number of primary amides is 1. The van der Waals surface area contributed by atoms with E-state index in [-0.39, 0.29) is 12.2 Å². The van der Waals surface area contributed by atoms with Crippen LogP contribution in [-0.4, -0.2) is 21.6 Å². The summed E-state index contributed by atoms with van der Waals surface area (Å²) in [5, 5.41) is 7.48. The number of benzene rings is 2. The van der Waals surface area contributed by atoms with E-state index in [1.165, 1.54) is 11.1 Å². The van der Waals surface area contributed by atoms with E-state index in [4.69, 9.17) is 5.73 Å². The molecule has 1 heterocycles. The summed E-state index contributed by atoms with van der Waals surface area (Å²) in [6.07, 6.45) is 3.20. The highest BCUT2D eigenvalue weighted by Crippen LogP contribution is 2.24. The minimum atomic E-state index is -0.751. The van der Waals surface area contributed by atoms with Crippen LogP contribution < -0.4 is 16.6 Å². The summed E-state index contributed by atoms with van der Waals surface area (Å²) in [7, 11) is 0. The topological polar surface area (TPSA) is 107 Å². The highest BCUT2D eigenvalue weighted by molar-refractivity contribution is 6.04. The average molecular weight is 362 g/mol. The van der Waals surface area contributed by atoms with Crippen LogP contribution >= 0.6 is 0 Å². The Bertz CT molecular complexity index is 1130. The van der Waals surface area contributed by atoms with Gasteiger partial charge in [0, 0.05) is 11.1 Å². The van der Waals surface area contributed by atoms with Crippen LogP contribution in [0, 0.1) is 0 Å². The maximum absolute atomic E-state index is 12.6. The predicted molar refractivity (Wildman–Crippen MR) is 102 cm³/mol. The molecule has 0 unspecified atom stereocenters. The third-order valence-electron chi connectivity index (χ3n) is 4.78. The SMILES string of the molecule is NC(=O)c1nn(CC(=O)Nc2ccc3c(c2)CCC3)c(=O)c2ccccc12. The maximum atomic E-state index is 12.6. The smallest absolute Gasteiger partial charge is 0.275 e. The summed E-state index contributed by atoms with van der Waals surface area (Å²) in [6, 6.07) is 12.4.